The monoisotopic (exact) mass is 313 g/mol. The molecule has 1 aromatic rings. The van der Waals surface area contributed by atoms with E-state index in [4.69, 9.17) is 5.73 Å². The number of nitro benzene ring substituents is 1. The van der Waals surface area contributed by atoms with E-state index in [1.807, 2.05) is 6.92 Å². The van der Waals surface area contributed by atoms with Gasteiger partial charge in [0, 0.05) is 19.2 Å². The van der Waals surface area contributed by atoms with Crippen LogP contribution in [0.2, 0.25) is 0 Å². The van der Waals surface area contributed by atoms with Crippen molar-refractivity contribution in [2.24, 2.45) is 5.92 Å². The summed E-state index contributed by atoms with van der Waals surface area (Å²) in [6.45, 7) is 3.44. The minimum Gasteiger partial charge on any atom is -0.393 e. The maximum absolute atomic E-state index is 12.7. The second-order valence-corrected chi connectivity index (χ2v) is 7.50. The molecule has 1 atom stereocenters. The van der Waals surface area contributed by atoms with Gasteiger partial charge < -0.3 is 5.73 Å². The van der Waals surface area contributed by atoms with Crippen LogP contribution >= 0.6 is 0 Å². The van der Waals surface area contributed by atoms with Gasteiger partial charge in [-0.1, -0.05) is 0 Å². The Bertz CT molecular complexity index is 683. The summed E-state index contributed by atoms with van der Waals surface area (Å²) >= 11 is 0. The van der Waals surface area contributed by atoms with Crippen molar-refractivity contribution in [3.63, 3.8) is 0 Å². The Hall–Kier alpha value is -1.67. The SMILES string of the molecule is Cc1cc(N)c([N+](=O)[O-])cc1S(=O)(=O)N(C)C(C)C1CC1. The van der Waals surface area contributed by atoms with E-state index in [2.05, 4.69) is 0 Å². The average Bonchev–Trinajstić information content (AvgIpc) is 3.20. The van der Waals surface area contributed by atoms with E-state index >= 15 is 0 Å². The minimum absolute atomic E-state index is 0.0330. The zero-order valence-electron chi connectivity index (χ0n) is 12.2. The molecule has 8 heteroatoms. The first-order chi connectivity index (χ1) is 9.66. The van der Waals surface area contributed by atoms with Gasteiger partial charge in [0.25, 0.3) is 5.69 Å². The molecule has 1 fully saturated rings. The first-order valence-corrected chi connectivity index (χ1v) is 8.12. The molecule has 116 valence electrons. The van der Waals surface area contributed by atoms with Gasteiger partial charge in [-0.15, -0.1) is 0 Å². The number of nitrogens with two attached hydrogens (primary N) is 1. The third-order valence-corrected chi connectivity index (χ3v) is 6.14. The predicted molar refractivity (Wildman–Crippen MR) is 79.4 cm³/mol. The average molecular weight is 313 g/mol. The number of nitrogen functional groups attached to an aromatic ring is 1. The largest absolute Gasteiger partial charge is 0.393 e. The van der Waals surface area contributed by atoms with Crippen LogP contribution in [0.4, 0.5) is 11.4 Å². The van der Waals surface area contributed by atoms with E-state index in [1.165, 1.54) is 17.4 Å². The highest BCUT2D eigenvalue weighted by Gasteiger charge is 2.37. The van der Waals surface area contributed by atoms with Crippen LogP contribution in [0.5, 0.6) is 0 Å². The lowest BCUT2D eigenvalue weighted by Crippen LogP contribution is -2.36. The summed E-state index contributed by atoms with van der Waals surface area (Å²) in [4.78, 5) is 10.2. The van der Waals surface area contributed by atoms with Crippen LogP contribution in [-0.4, -0.2) is 30.7 Å². The molecule has 1 aliphatic rings. The smallest absolute Gasteiger partial charge is 0.293 e. The quantitative estimate of drug-likeness (QED) is 0.507. The van der Waals surface area contributed by atoms with Gasteiger partial charge in [0.2, 0.25) is 10.0 Å². The molecule has 0 aliphatic heterocycles. The number of aryl methyl sites for hydroxylation is 1. The number of nitro groups is 1. The van der Waals surface area contributed by atoms with Gasteiger partial charge in [-0.3, -0.25) is 10.1 Å². The van der Waals surface area contributed by atoms with Crippen LogP contribution in [0.15, 0.2) is 17.0 Å². The molecule has 0 amide bonds. The first kappa shape index (κ1) is 15.7. The molecule has 0 bridgehead atoms. The topological polar surface area (TPSA) is 107 Å². The van der Waals surface area contributed by atoms with Crippen molar-refractivity contribution in [3.05, 3.63) is 27.8 Å². The summed E-state index contributed by atoms with van der Waals surface area (Å²) in [5.74, 6) is 0.369. The second-order valence-electron chi connectivity index (χ2n) is 5.53. The molecule has 0 saturated heterocycles. The normalized spacial score (nSPS) is 17.0. The van der Waals surface area contributed by atoms with Gasteiger partial charge in [-0.25, -0.2) is 8.42 Å². The predicted octanol–water partition coefficient (Wildman–Crippen LogP) is 1.90. The number of rotatable bonds is 5. The summed E-state index contributed by atoms with van der Waals surface area (Å²) in [6, 6.07) is 2.27. The molecule has 7 nitrogen and oxygen atoms in total. The van der Waals surface area contributed by atoms with Crippen molar-refractivity contribution in [2.45, 2.75) is 37.6 Å². The third-order valence-electron chi connectivity index (χ3n) is 4.06. The Labute approximate surface area is 123 Å². The van der Waals surface area contributed by atoms with Gasteiger partial charge >= 0.3 is 0 Å². The molecule has 0 spiro atoms. The number of hydrogen-bond donors (Lipinski definition) is 1. The Morgan fingerprint density at radius 2 is 2.00 bits per heavy atom. The van der Waals surface area contributed by atoms with Crippen LogP contribution in [0.1, 0.15) is 25.3 Å². The summed E-state index contributed by atoms with van der Waals surface area (Å²) in [5.41, 5.74) is 5.57. The van der Waals surface area contributed by atoms with Crippen LogP contribution in [-0.2, 0) is 10.0 Å². The summed E-state index contributed by atoms with van der Waals surface area (Å²) in [7, 11) is -2.26. The van der Waals surface area contributed by atoms with Gasteiger partial charge in [0.15, 0.2) is 0 Å². The zero-order valence-corrected chi connectivity index (χ0v) is 13.1. The maximum atomic E-state index is 12.7. The zero-order chi connectivity index (χ0) is 15.9. The Morgan fingerprint density at radius 1 is 1.43 bits per heavy atom. The Kier molecular flexibility index (Phi) is 3.94. The minimum atomic E-state index is -3.77. The van der Waals surface area contributed by atoms with Gasteiger partial charge in [0.05, 0.1) is 9.82 Å². The van der Waals surface area contributed by atoms with E-state index in [0.29, 0.717) is 11.5 Å². The molecule has 1 saturated carbocycles. The van der Waals surface area contributed by atoms with Crippen LogP contribution in [0, 0.1) is 23.0 Å². The molecule has 2 rings (SSSR count). The van der Waals surface area contributed by atoms with E-state index in [1.54, 1.807) is 6.92 Å². The number of benzene rings is 1. The Balaban J connectivity index is 2.48. The Morgan fingerprint density at radius 3 is 2.48 bits per heavy atom. The fourth-order valence-electron chi connectivity index (χ4n) is 2.39. The van der Waals surface area contributed by atoms with Crippen molar-refractivity contribution < 1.29 is 13.3 Å². The van der Waals surface area contributed by atoms with Crippen LogP contribution in [0.25, 0.3) is 0 Å². The highest BCUT2D eigenvalue weighted by atomic mass is 32.2. The number of hydrogen-bond acceptors (Lipinski definition) is 5. The molecular formula is C13H19N3O4S. The van der Waals surface area contributed by atoms with Gasteiger partial charge in [-0.2, -0.15) is 4.31 Å². The fraction of sp³-hybridized carbons (Fsp3) is 0.538. The molecule has 0 heterocycles. The lowest BCUT2D eigenvalue weighted by atomic mass is 10.2. The van der Waals surface area contributed by atoms with Crippen molar-refractivity contribution in [3.8, 4) is 0 Å². The van der Waals surface area contributed by atoms with Crippen molar-refractivity contribution in [2.75, 3.05) is 12.8 Å². The molecule has 1 aliphatic carbocycles. The standard InChI is InChI=1S/C13H19N3O4S/c1-8-6-11(14)12(16(17)18)7-13(8)21(19,20)15(3)9(2)10-4-5-10/h6-7,9-10H,4-5,14H2,1-3H3. The van der Waals surface area contributed by atoms with E-state index < -0.39 is 14.9 Å². The molecule has 1 unspecified atom stereocenters. The van der Waals surface area contributed by atoms with Crippen LogP contribution in [0.3, 0.4) is 0 Å². The van der Waals surface area contributed by atoms with E-state index in [9.17, 15) is 18.5 Å². The molecule has 1 aromatic carbocycles. The molecule has 0 aromatic heterocycles. The molecule has 0 radical (unpaired) electrons. The lowest BCUT2D eigenvalue weighted by Gasteiger charge is -2.25. The van der Waals surface area contributed by atoms with E-state index in [-0.39, 0.29) is 22.3 Å². The molecule has 21 heavy (non-hydrogen) atoms. The van der Waals surface area contributed by atoms with Gasteiger partial charge in [-0.05, 0) is 44.2 Å². The fourth-order valence-corrected chi connectivity index (χ4v) is 4.03. The first-order valence-electron chi connectivity index (χ1n) is 6.68. The highest BCUT2D eigenvalue weighted by molar-refractivity contribution is 7.89. The number of anilines is 1. The second kappa shape index (κ2) is 5.27. The highest BCUT2D eigenvalue weighted by Crippen LogP contribution is 2.37. The summed E-state index contributed by atoms with van der Waals surface area (Å²) in [6.07, 6.45) is 2.03. The van der Waals surface area contributed by atoms with Crippen molar-refractivity contribution in [1.29, 1.82) is 0 Å². The number of sulfonamides is 1. The van der Waals surface area contributed by atoms with Crippen molar-refractivity contribution in [1.82, 2.24) is 4.31 Å². The maximum Gasteiger partial charge on any atom is 0.293 e. The van der Waals surface area contributed by atoms with Crippen molar-refractivity contribution >= 4 is 21.4 Å². The van der Waals surface area contributed by atoms with Crippen LogP contribution < -0.4 is 5.73 Å². The third kappa shape index (κ3) is 2.86. The summed E-state index contributed by atoms with van der Waals surface area (Å²) in [5, 5.41) is 11.0. The van der Waals surface area contributed by atoms with Gasteiger partial charge in [0.1, 0.15) is 5.69 Å². The number of nitrogens with zero attached hydrogens (tertiary/aromatic N) is 2. The molecular weight excluding hydrogens is 294 g/mol. The lowest BCUT2D eigenvalue weighted by molar-refractivity contribution is -0.384. The summed E-state index contributed by atoms with van der Waals surface area (Å²) < 4.78 is 26.6. The molecule has 2 N–H and O–H groups in total. The van der Waals surface area contributed by atoms with E-state index in [0.717, 1.165) is 18.9 Å².